The molecule has 1 heterocycles. The first-order valence-corrected chi connectivity index (χ1v) is 7.99. The van der Waals surface area contributed by atoms with Gasteiger partial charge in [-0.05, 0) is 23.8 Å². The summed E-state index contributed by atoms with van der Waals surface area (Å²) in [4.78, 5) is 29.0. The molecule has 24 heavy (non-hydrogen) atoms. The van der Waals surface area contributed by atoms with Crippen LogP contribution in [0, 0.1) is 0 Å². The van der Waals surface area contributed by atoms with Crippen LogP contribution in [0.3, 0.4) is 0 Å². The summed E-state index contributed by atoms with van der Waals surface area (Å²) < 4.78 is 0. The lowest BCUT2D eigenvalue weighted by molar-refractivity contribution is -0.128. The average molecular weight is 323 g/mol. The SMILES string of the molecule is CN(C)c1cccc(C(=O)N2CCNC(=O)C2c2ccccc2)c1. The summed E-state index contributed by atoms with van der Waals surface area (Å²) in [5, 5.41) is 2.86. The summed E-state index contributed by atoms with van der Waals surface area (Å²) in [7, 11) is 3.87. The summed E-state index contributed by atoms with van der Waals surface area (Å²) in [6, 6.07) is 16.3. The number of carbonyl (C=O) groups excluding carboxylic acids is 2. The highest BCUT2D eigenvalue weighted by Crippen LogP contribution is 2.26. The number of amides is 2. The lowest BCUT2D eigenvalue weighted by atomic mass is 10.0. The molecule has 124 valence electrons. The third kappa shape index (κ3) is 3.11. The molecule has 3 rings (SSSR count). The minimum absolute atomic E-state index is 0.123. The van der Waals surface area contributed by atoms with Crippen LogP contribution in [0.4, 0.5) is 5.69 Å². The van der Waals surface area contributed by atoms with Gasteiger partial charge >= 0.3 is 0 Å². The first kappa shape index (κ1) is 16.1. The topological polar surface area (TPSA) is 52.7 Å². The maximum atomic E-state index is 13.0. The second-order valence-corrected chi connectivity index (χ2v) is 6.05. The molecule has 0 radical (unpaired) electrons. The molecule has 1 saturated heterocycles. The van der Waals surface area contributed by atoms with Crippen LogP contribution in [0.2, 0.25) is 0 Å². The van der Waals surface area contributed by atoms with Gasteiger partial charge in [0, 0.05) is 38.4 Å². The second kappa shape index (κ2) is 6.74. The summed E-state index contributed by atoms with van der Waals surface area (Å²) in [6.45, 7) is 0.970. The zero-order chi connectivity index (χ0) is 17.1. The maximum Gasteiger partial charge on any atom is 0.254 e. The molecule has 0 aliphatic carbocycles. The van der Waals surface area contributed by atoms with Crippen LogP contribution in [0.25, 0.3) is 0 Å². The van der Waals surface area contributed by atoms with Crippen molar-refractivity contribution in [3.8, 4) is 0 Å². The van der Waals surface area contributed by atoms with Crippen molar-refractivity contribution < 1.29 is 9.59 Å². The van der Waals surface area contributed by atoms with E-state index in [1.165, 1.54) is 0 Å². The Morgan fingerprint density at radius 1 is 1.12 bits per heavy atom. The fourth-order valence-electron chi connectivity index (χ4n) is 2.94. The molecule has 0 saturated carbocycles. The van der Waals surface area contributed by atoms with E-state index in [2.05, 4.69) is 5.32 Å². The van der Waals surface area contributed by atoms with Crippen molar-refractivity contribution >= 4 is 17.5 Å². The first-order valence-electron chi connectivity index (χ1n) is 7.99. The van der Waals surface area contributed by atoms with Crippen molar-refractivity contribution in [3.05, 3.63) is 65.7 Å². The van der Waals surface area contributed by atoms with Crippen LogP contribution in [0.15, 0.2) is 54.6 Å². The lowest BCUT2D eigenvalue weighted by Crippen LogP contribution is -2.52. The molecule has 1 aliphatic heterocycles. The van der Waals surface area contributed by atoms with Gasteiger partial charge in [0.25, 0.3) is 5.91 Å². The molecule has 2 aromatic rings. The van der Waals surface area contributed by atoms with E-state index in [1.54, 1.807) is 11.0 Å². The van der Waals surface area contributed by atoms with Crippen molar-refractivity contribution in [1.29, 1.82) is 0 Å². The average Bonchev–Trinajstić information content (AvgIpc) is 2.61. The summed E-state index contributed by atoms with van der Waals surface area (Å²) in [5.41, 5.74) is 2.38. The van der Waals surface area contributed by atoms with Gasteiger partial charge in [0.2, 0.25) is 5.91 Å². The number of hydrogen-bond acceptors (Lipinski definition) is 3. The van der Waals surface area contributed by atoms with Crippen LogP contribution in [-0.4, -0.2) is 43.9 Å². The molecular weight excluding hydrogens is 302 g/mol. The number of nitrogens with one attached hydrogen (secondary N) is 1. The first-order chi connectivity index (χ1) is 11.6. The van der Waals surface area contributed by atoms with Crippen LogP contribution in [0.5, 0.6) is 0 Å². The minimum atomic E-state index is -0.588. The van der Waals surface area contributed by atoms with E-state index < -0.39 is 6.04 Å². The maximum absolute atomic E-state index is 13.0. The van der Waals surface area contributed by atoms with Crippen molar-refractivity contribution in [2.45, 2.75) is 6.04 Å². The highest BCUT2D eigenvalue weighted by Gasteiger charge is 2.34. The van der Waals surface area contributed by atoms with Gasteiger partial charge in [-0.25, -0.2) is 0 Å². The summed E-state index contributed by atoms with van der Waals surface area (Å²) in [6.07, 6.45) is 0. The molecule has 2 aromatic carbocycles. The number of rotatable bonds is 3. The number of piperazine rings is 1. The third-order valence-corrected chi connectivity index (χ3v) is 4.20. The quantitative estimate of drug-likeness (QED) is 0.941. The van der Waals surface area contributed by atoms with Gasteiger partial charge in [0.1, 0.15) is 6.04 Å². The molecule has 1 atom stereocenters. The second-order valence-electron chi connectivity index (χ2n) is 6.05. The third-order valence-electron chi connectivity index (χ3n) is 4.20. The molecule has 1 N–H and O–H groups in total. The molecule has 1 aliphatic rings. The zero-order valence-electron chi connectivity index (χ0n) is 13.9. The summed E-state index contributed by atoms with van der Waals surface area (Å²) in [5.74, 6) is -0.257. The molecule has 2 amide bonds. The zero-order valence-corrected chi connectivity index (χ0v) is 13.9. The fraction of sp³-hybridized carbons (Fsp3) is 0.263. The predicted molar refractivity (Wildman–Crippen MR) is 94.0 cm³/mol. The Balaban J connectivity index is 1.94. The van der Waals surface area contributed by atoms with E-state index in [1.807, 2.05) is 67.5 Å². The molecule has 0 bridgehead atoms. The molecule has 0 spiro atoms. The van der Waals surface area contributed by atoms with Crippen molar-refractivity contribution in [3.63, 3.8) is 0 Å². The van der Waals surface area contributed by atoms with E-state index >= 15 is 0 Å². The highest BCUT2D eigenvalue weighted by molar-refractivity contribution is 5.99. The lowest BCUT2D eigenvalue weighted by Gasteiger charge is -2.35. The normalized spacial score (nSPS) is 17.3. The Morgan fingerprint density at radius 2 is 1.88 bits per heavy atom. The van der Waals surface area contributed by atoms with Gasteiger partial charge in [-0.2, -0.15) is 0 Å². The Labute approximate surface area is 141 Å². The standard InChI is InChI=1S/C19H21N3O2/c1-21(2)16-10-6-9-15(13-16)19(24)22-12-11-20-18(23)17(22)14-7-4-3-5-8-14/h3-10,13,17H,11-12H2,1-2H3,(H,20,23). The van der Waals surface area contributed by atoms with E-state index in [4.69, 9.17) is 0 Å². The number of benzene rings is 2. The van der Waals surface area contributed by atoms with Crippen molar-refractivity contribution in [2.75, 3.05) is 32.1 Å². The van der Waals surface area contributed by atoms with E-state index in [0.29, 0.717) is 18.7 Å². The monoisotopic (exact) mass is 323 g/mol. The molecule has 5 nitrogen and oxygen atoms in total. The predicted octanol–water partition coefficient (Wildman–Crippen LogP) is 2.07. The fourth-order valence-corrected chi connectivity index (χ4v) is 2.94. The van der Waals surface area contributed by atoms with Crippen LogP contribution < -0.4 is 10.2 Å². The largest absolute Gasteiger partial charge is 0.378 e. The smallest absolute Gasteiger partial charge is 0.254 e. The molecule has 5 heteroatoms. The van der Waals surface area contributed by atoms with Crippen molar-refractivity contribution in [2.24, 2.45) is 0 Å². The Kier molecular flexibility index (Phi) is 4.51. The highest BCUT2D eigenvalue weighted by atomic mass is 16.2. The van der Waals surface area contributed by atoms with Gasteiger partial charge in [-0.3, -0.25) is 9.59 Å². The Bertz CT molecular complexity index is 743. The molecule has 0 aromatic heterocycles. The van der Waals surface area contributed by atoms with Gasteiger partial charge in [0.15, 0.2) is 0 Å². The van der Waals surface area contributed by atoms with E-state index in [0.717, 1.165) is 11.3 Å². The van der Waals surface area contributed by atoms with Crippen LogP contribution in [-0.2, 0) is 4.79 Å². The number of hydrogen-bond donors (Lipinski definition) is 1. The van der Waals surface area contributed by atoms with Gasteiger partial charge in [-0.15, -0.1) is 0 Å². The molecule has 1 unspecified atom stereocenters. The van der Waals surface area contributed by atoms with E-state index in [9.17, 15) is 9.59 Å². The minimum Gasteiger partial charge on any atom is -0.378 e. The Morgan fingerprint density at radius 3 is 2.58 bits per heavy atom. The van der Waals surface area contributed by atoms with E-state index in [-0.39, 0.29) is 11.8 Å². The van der Waals surface area contributed by atoms with Gasteiger partial charge < -0.3 is 15.1 Å². The van der Waals surface area contributed by atoms with Gasteiger partial charge in [0.05, 0.1) is 0 Å². The molecular formula is C19H21N3O2. The van der Waals surface area contributed by atoms with Crippen LogP contribution >= 0.6 is 0 Å². The summed E-state index contributed by atoms with van der Waals surface area (Å²) >= 11 is 0. The van der Waals surface area contributed by atoms with Crippen molar-refractivity contribution in [1.82, 2.24) is 10.2 Å². The molecule has 1 fully saturated rings. The number of anilines is 1. The Hall–Kier alpha value is -2.82. The number of nitrogens with zero attached hydrogens (tertiary/aromatic N) is 2. The van der Waals surface area contributed by atoms with Gasteiger partial charge in [-0.1, -0.05) is 36.4 Å². The number of carbonyl (C=O) groups is 2. The van der Waals surface area contributed by atoms with Crippen LogP contribution in [0.1, 0.15) is 22.0 Å².